The number of fused-ring (bicyclic) bond motifs is 5. The van der Waals surface area contributed by atoms with E-state index in [4.69, 9.17) is 16.2 Å². The smallest absolute Gasteiger partial charge is 0.0496 e. The van der Waals surface area contributed by atoms with Gasteiger partial charge in [0.25, 0.3) is 0 Å². The first kappa shape index (κ1) is 32.2. The second-order valence-corrected chi connectivity index (χ2v) is 17.1. The van der Waals surface area contributed by atoms with Gasteiger partial charge in [-0.1, -0.05) is 54.4 Å². The molecule has 1 aromatic carbocycles. The maximum Gasteiger partial charge on any atom is 0.0496 e. The number of ether oxygens (including phenoxy) is 1. The van der Waals surface area contributed by atoms with Crippen LogP contribution in [0.4, 0.5) is 11.4 Å². The van der Waals surface area contributed by atoms with Crippen molar-refractivity contribution in [3.63, 3.8) is 0 Å². The van der Waals surface area contributed by atoms with Crippen LogP contribution in [0.3, 0.4) is 0 Å². The Morgan fingerprint density at radius 3 is 2.36 bits per heavy atom. The van der Waals surface area contributed by atoms with Crippen LogP contribution in [0.1, 0.15) is 137 Å². The predicted octanol–water partition coefficient (Wildman–Crippen LogP) is 10.3. The van der Waals surface area contributed by atoms with Gasteiger partial charge in [-0.15, -0.1) is 0 Å². The Bertz CT molecular complexity index is 1010. The van der Waals surface area contributed by atoms with Gasteiger partial charge in [0, 0.05) is 24.6 Å². The average Bonchev–Trinajstić information content (AvgIpc) is 3.30. The van der Waals surface area contributed by atoms with Crippen molar-refractivity contribution in [2.75, 3.05) is 24.7 Å². The maximum absolute atomic E-state index is 6.21. The zero-order valence-corrected chi connectivity index (χ0v) is 28.4. The van der Waals surface area contributed by atoms with E-state index in [1.165, 1.54) is 76.2 Å². The molecule has 4 aliphatic rings. The Labute approximate surface area is 259 Å². The third-order valence-corrected chi connectivity index (χ3v) is 14.3. The third kappa shape index (κ3) is 6.57. The van der Waals surface area contributed by atoms with E-state index in [0.717, 1.165) is 79.4 Å². The summed E-state index contributed by atoms with van der Waals surface area (Å²) in [7, 11) is 0. The summed E-state index contributed by atoms with van der Waals surface area (Å²) in [6.07, 6.45) is 21.1. The van der Waals surface area contributed by atoms with Gasteiger partial charge in [-0.2, -0.15) is 0 Å². The lowest BCUT2D eigenvalue weighted by atomic mass is 9.44. The molecule has 0 aromatic heterocycles. The highest BCUT2D eigenvalue weighted by Crippen LogP contribution is 2.68. The van der Waals surface area contributed by atoms with Gasteiger partial charge in [0.1, 0.15) is 0 Å². The van der Waals surface area contributed by atoms with Gasteiger partial charge in [0.15, 0.2) is 0 Å². The molecule has 0 saturated heterocycles. The molecule has 0 aliphatic heterocycles. The number of unbranched alkanes of at least 4 members (excludes halogenated alkanes) is 1. The van der Waals surface area contributed by atoms with Crippen molar-refractivity contribution in [3.8, 4) is 0 Å². The number of rotatable bonds is 12. The van der Waals surface area contributed by atoms with Crippen LogP contribution >= 0.6 is 0 Å². The number of aryl methyl sites for hydroxylation is 1. The van der Waals surface area contributed by atoms with E-state index in [0.29, 0.717) is 22.2 Å². The Morgan fingerprint density at radius 1 is 0.857 bits per heavy atom. The first-order valence-electron chi connectivity index (χ1n) is 18.2. The molecule has 4 saturated carbocycles. The average molecular weight is 579 g/mol. The maximum atomic E-state index is 6.21. The van der Waals surface area contributed by atoms with Crippen molar-refractivity contribution in [1.29, 1.82) is 0 Å². The number of nitrogens with two attached hydrogens (primary N) is 2. The van der Waals surface area contributed by atoms with E-state index in [-0.39, 0.29) is 0 Å². The molecule has 4 fully saturated rings. The van der Waals surface area contributed by atoms with E-state index in [1.807, 2.05) is 18.2 Å². The number of hydrogen-bond donors (Lipinski definition) is 2. The monoisotopic (exact) mass is 579 g/mol. The normalized spacial score (nSPS) is 36.1. The Hall–Kier alpha value is -1.22. The molecule has 1 aromatic rings. The van der Waals surface area contributed by atoms with Gasteiger partial charge in [0.2, 0.25) is 0 Å². The first-order valence-corrected chi connectivity index (χ1v) is 18.2. The van der Waals surface area contributed by atoms with Crippen LogP contribution in [0.5, 0.6) is 0 Å². The van der Waals surface area contributed by atoms with Crippen molar-refractivity contribution in [3.05, 3.63) is 23.8 Å². The highest BCUT2D eigenvalue weighted by molar-refractivity contribution is 5.54. The summed E-state index contributed by atoms with van der Waals surface area (Å²) in [5.41, 5.74) is 16.2. The van der Waals surface area contributed by atoms with Crippen molar-refractivity contribution < 1.29 is 4.74 Å². The molecule has 0 spiro atoms. The molecule has 0 radical (unpaired) electrons. The van der Waals surface area contributed by atoms with Crippen LogP contribution in [0.2, 0.25) is 0 Å². The molecule has 4 aliphatic carbocycles. The molecule has 0 heterocycles. The standard InChI is InChI=1S/C39H66N2O/c1-27(17-20-37(3,4)28(2)26-42-22-10-8-11-29-23-31(40)25-32(41)24-29)34-15-16-35-33-14-13-30-12-7-9-19-38(30,5)36(33)18-21-39(34,35)6/h23-25,27-28,30,33-36H,7-22,26,40-41H2,1-6H3/t27-,28?,30?,33+,34-,35+,36+,38+,39-/m1/s1. The molecule has 0 amide bonds. The van der Waals surface area contributed by atoms with Crippen LogP contribution in [-0.2, 0) is 11.2 Å². The topological polar surface area (TPSA) is 61.3 Å². The highest BCUT2D eigenvalue weighted by Gasteiger charge is 2.60. The number of anilines is 2. The molecule has 0 bridgehead atoms. The van der Waals surface area contributed by atoms with E-state index in [9.17, 15) is 0 Å². The van der Waals surface area contributed by atoms with E-state index in [2.05, 4.69) is 41.5 Å². The molecular weight excluding hydrogens is 512 g/mol. The van der Waals surface area contributed by atoms with E-state index in [1.54, 1.807) is 6.42 Å². The van der Waals surface area contributed by atoms with Crippen LogP contribution in [0.25, 0.3) is 0 Å². The Kier molecular flexibility index (Phi) is 9.98. The van der Waals surface area contributed by atoms with Crippen molar-refractivity contribution in [1.82, 2.24) is 0 Å². The van der Waals surface area contributed by atoms with Crippen LogP contribution in [-0.4, -0.2) is 13.2 Å². The molecule has 42 heavy (non-hydrogen) atoms. The minimum atomic E-state index is 0.317. The summed E-state index contributed by atoms with van der Waals surface area (Å²) < 4.78 is 6.21. The van der Waals surface area contributed by atoms with Crippen molar-refractivity contribution >= 4 is 11.4 Å². The zero-order chi connectivity index (χ0) is 30.1. The lowest BCUT2D eigenvalue weighted by Gasteiger charge is -2.61. The summed E-state index contributed by atoms with van der Waals surface area (Å²) in [4.78, 5) is 0. The third-order valence-electron chi connectivity index (χ3n) is 14.3. The molecule has 3 heteroatoms. The summed E-state index contributed by atoms with van der Waals surface area (Å²) in [5.74, 6) is 6.43. The summed E-state index contributed by atoms with van der Waals surface area (Å²) in [6.45, 7) is 17.2. The van der Waals surface area contributed by atoms with Crippen LogP contribution < -0.4 is 11.5 Å². The van der Waals surface area contributed by atoms with E-state index >= 15 is 0 Å². The van der Waals surface area contributed by atoms with Gasteiger partial charge in [0.05, 0.1) is 0 Å². The molecular formula is C39H66N2O. The Morgan fingerprint density at radius 2 is 1.60 bits per heavy atom. The largest absolute Gasteiger partial charge is 0.399 e. The molecule has 9 atom stereocenters. The second-order valence-electron chi connectivity index (χ2n) is 17.1. The first-order chi connectivity index (χ1) is 19.9. The molecule has 5 rings (SSSR count). The van der Waals surface area contributed by atoms with Gasteiger partial charge >= 0.3 is 0 Å². The fourth-order valence-corrected chi connectivity index (χ4v) is 11.2. The zero-order valence-electron chi connectivity index (χ0n) is 28.4. The minimum Gasteiger partial charge on any atom is -0.399 e. The SMILES string of the molecule is CC(COCCCCc1cc(N)cc(N)c1)C(C)(C)CC[C@@H](C)[C@H]1CC[C@H]2[C@@H]3CCC4CCCC[C@]4(C)[C@H]3CC[C@]12C. The number of hydrogen-bond acceptors (Lipinski definition) is 3. The molecule has 2 unspecified atom stereocenters. The van der Waals surface area contributed by atoms with Crippen LogP contribution in [0.15, 0.2) is 18.2 Å². The predicted molar refractivity (Wildman–Crippen MR) is 180 cm³/mol. The fraction of sp³-hybridized carbons (Fsp3) is 0.846. The summed E-state index contributed by atoms with van der Waals surface area (Å²) >= 11 is 0. The van der Waals surface area contributed by atoms with Gasteiger partial charge in [-0.25, -0.2) is 0 Å². The molecule has 4 N–H and O–H groups in total. The summed E-state index contributed by atoms with van der Waals surface area (Å²) in [6, 6.07) is 5.91. The lowest BCUT2D eigenvalue weighted by Crippen LogP contribution is -2.53. The molecule has 3 nitrogen and oxygen atoms in total. The number of benzene rings is 1. The quantitative estimate of drug-likeness (QED) is 0.192. The highest BCUT2D eigenvalue weighted by atomic mass is 16.5. The van der Waals surface area contributed by atoms with Gasteiger partial charge in [-0.05, 0) is 165 Å². The molecule has 238 valence electrons. The number of nitrogen functional groups attached to an aromatic ring is 2. The second kappa shape index (κ2) is 13.0. The van der Waals surface area contributed by atoms with Gasteiger partial charge < -0.3 is 16.2 Å². The fourth-order valence-electron chi connectivity index (χ4n) is 11.2. The minimum absolute atomic E-state index is 0.317. The van der Waals surface area contributed by atoms with Gasteiger partial charge in [-0.3, -0.25) is 0 Å². The Balaban J connectivity index is 1.06. The van der Waals surface area contributed by atoms with Crippen molar-refractivity contribution in [2.24, 2.45) is 57.7 Å². The summed E-state index contributed by atoms with van der Waals surface area (Å²) in [5, 5.41) is 0. The lowest BCUT2D eigenvalue weighted by molar-refractivity contribution is -0.114. The van der Waals surface area contributed by atoms with Crippen molar-refractivity contribution in [2.45, 2.75) is 138 Å². The van der Waals surface area contributed by atoms with Crippen LogP contribution in [0, 0.1) is 57.7 Å². The van der Waals surface area contributed by atoms with E-state index < -0.39 is 0 Å².